The summed E-state index contributed by atoms with van der Waals surface area (Å²) in [6.07, 6.45) is 4.98. The molecule has 0 aliphatic heterocycles. The first-order valence-corrected chi connectivity index (χ1v) is 6.40. The topological polar surface area (TPSA) is 57.5 Å². The highest BCUT2D eigenvalue weighted by atomic mass is 32.2. The smallest absolute Gasteiger partial charge is 0.309 e. The van der Waals surface area contributed by atoms with Crippen molar-refractivity contribution in [3.8, 4) is 0 Å². The monoisotopic (exact) mass is 218 g/mol. The molecular weight excluding hydrogens is 200 g/mol. The first-order valence-electron chi connectivity index (χ1n) is 5.01. The molecule has 0 saturated heterocycles. The van der Waals surface area contributed by atoms with Gasteiger partial charge in [-0.25, -0.2) is 0 Å². The minimum absolute atomic E-state index is 0.281. The van der Waals surface area contributed by atoms with E-state index in [1.165, 1.54) is 0 Å². The van der Waals surface area contributed by atoms with Crippen molar-refractivity contribution in [3.05, 3.63) is 0 Å². The van der Waals surface area contributed by atoms with Crippen molar-refractivity contribution in [2.24, 2.45) is 5.41 Å². The number of aliphatic hydroxyl groups excluding tert-OH is 1. The van der Waals surface area contributed by atoms with Gasteiger partial charge < -0.3 is 10.2 Å². The molecule has 82 valence electrons. The van der Waals surface area contributed by atoms with E-state index < -0.39 is 11.4 Å². The third-order valence-corrected chi connectivity index (χ3v) is 3.76. The van der Waals surface area contributed by atoms with E-state index in [1.807, 2.05) is 6.26 Å². The van der Waals surface area contributed by atoms with Crippen LogP contribution in [0.4, 0.5) is 0 Å². The van der Waals surface area contributed by atoms with Crippen LogP contribution in [0.1, 0.15) is 32.1 Å². The number of carboxylic acid groups (broad SMARTS) is 1. The Morgan fingerprint density at radius 1 is 1.50 bits per heavy atom. The van der Waals surface area contributed by atoms with E-state index in [0.717, 1.165) is 12.2 Å². The molecule has 3 nitrogen and oxygen atoms in total. The van der Waals surface area contributed by atoms with Crippen LogP contribution in [0, 0.1) is 5.41 Å². The van der Waals surface area contributed by atoms with Gasteiger partial charge in [-0.3, -0.25) is 4.79 Å². The molecule has 1 saturated carbocycles. The molecule has 0 amide bonds. The van der Waals surface area contributed by atoms with E-state index >= 15 is 0 Å². The standard InChI is InChI=1S/C10H18O3S/c1-14-7-6-10(9(12)13)4-2-8(11)3-5-10/h8,11H,2-7H2,1H3,(H,12,13). The van der Waals surface area contributed by atoms with E-state index in [1.54, 1.807) is 11.8 Å². The van der Waals surface area contributed by atoms with Crippen LogP contribution < -0.4 is 0 Å². The fourth-order valence-electron chi connectivity index (χ4n) is 2.02. The van der Waals surface area contributed by atoms with Crippen molar-refractivity contribution in [1.82, 2.24) is 0 Å². The van der Waals surface area contributed by atoms with E-state index in [2.05, 4.69) is 0 Å². The van der Waals surface area contributed by atoms with Crippen molar-refractivity contribution in [1.29, 1.82) is 0 Å². The summed E-state index contributed by atoms with van der Waals surface area (Å²) >= 11 is 1.69. The Kier molecular flexibility index (Phi) is 4.26. The summed E-state index contributed by atoms with van der Waals surface area (Å²) in [4.78, 5) is 11.2. The summed E-state index contributed by atoms with van der Waals surface area (Å²) in [5, 5.41) is 18.6. The Balaban J connectivity index is 2.58. The van der Waals surface area contributed by atoms with Gasteiger partial charge in [0.15, 0.2) is 0 Å². The van der Waals surface area contributed by atoms with Crippen LogP contribution in [0.15, 0.2) is 0 Å². The predicted octanol–water partition coefficient (Wildman–Crippen LogP) is 1.75. The molecule has 0 aromatic rings. The fraction of sp³-hybridized carbons (Fsp3) is 0.900. The summed E-state index contributed by atoms with van der Waals surface area (Å²) in [7, 11) is 0. The van der Waals surface area contributed by atoms with Gasteiger partial charge in [-0.15, -0.1) is 0 Å². The SMILES string of the molecule is CSCCC1(C(=O)O)CCC(O)CC1. The number of carbonyl (C=O) groups is 1. The zero-order valence-electron chi connectivity index (χ0n) is 8.53. The molecule has 1 rings (SSSR count). The van der Waals surface area contributed by atoms with Gasteiger partial charge in [0.2, 0.25) is 0 Å². The lowest BCUT2D eigenvalue weighted by Gasteiger charge is -2.35. The Morgan fingerprint density at radius 2 is 2.07 bits per heavy atom. The number of hydrogen-bond donors (Lipinski definition) is 2. The van der Waals surface area contributed by atoms with E-state index in [-0.39, 0.29) is 6.10 Å². The van der Waals surface area contributed by atoms with Crippen LogP contribution in [0.2, 0.25) is 0 Å². The molecule has 0 aromatic carbocycles. The third kappa shape index (κ3) is 2.64. The lowest BCUT2D eigenvalue weighted by Crippen LogP contribution is -2.37. The van der Waals surface area contributed by atoms with Gasteiger partial charge in [0.25, 0.3) is 0 Å². The molecule has 0 bridgehead atoms. The van der Waals surface area contributed by atoms with Crippen molar-refractivity contribution in [3.63, 3.8) is 0 Å². The molecule has 0 atom stereocenters. The maximum Gasteiger partial charge on any atom is 0.309 e. The third-order valence-electron chi connectivity index (χ3n) is 3.15. The zero-order valence-corrected chi connectivity index (χ0v) is 9.35. The van der Waals surface area contributed by atoms with Gasteiger partial charge in [0, 0.05) is 0 Å². The fourth-order valence-corrected chi connectivity index (χ4v) is 2.62. The summed E-state index contributed by atoms with van der Waals surface area (Å²) < 4.78 is 0. The molecule has 0 aromatic heterocycles. The van der Waals surface area contributed by atoms with Gasteiger partial charge >= 0.3 is 5.97 Å². The Hall–Kier alpha value is -0.220. The minimum atomic E-state index is -0.682. The van der Waals surface area contributed by atoms with Gasteiger partial charge in [0.1, 0.15) is 0 Å². The van der Waals surface area contributed by atoms with Crippen molar-refractivity contribution >= 4 is 17.7 Å². The van der Waals surface area contributed by atoms with Crippen LogP contribution in [-0.4, -0.2) is 34.3 Å². The lowest BCUT2D eigenvalue weighted by atomic mass is 9.71. The highest BCUT2D eigenvalue weighted by Crippen LogP contribution is 2.40. The van der Waals surface area contributed by atoms with E-state index in [0.29, 0.717) is 25.7 Å². The van der Waals surface area contributed by atoms with Gasteiger partial charge in [0.05, 0.1) is 11.5 Å². The second-order valence-corrected chi connectivity index (χ2v) is 5.05. The van der Waals surface area contributed by atoms with E-state index in [9.17, 15) is 15.0 Å². The first kappa shape index (κ1) is 11.9. The predicted molar refractivity (Wildman–Crippen MR) is 57.5 cm³/mol. The number of thioether (sulfide) groups is 1. The number of carboxylic acids is 1. The molecule has 2 N–H and O–H groups in total. The lowest BCUT2D eigenvalue weighted by molar-refractivity contribution is -0.152. The second kappa shape index (κ2) is 5.03. The van der Waals surface area contributed by atoms with Crippen LogP contribution in [0.3, 0.4) is 0 Å². The highest BCUT2D eigenvalue weighted by molar-refractivity contribution is 7.98. The second-order valence-electron chi connectivity index (χ2n) is 4.06. The highest BCUT2D eigenvalue weighted by Gasteiger charge is 2.40. The summed E-state index contributed by atoms with van der Waals surface area (Å²) in [6, 6.07) is 0. The molecule has 1 aliphatic rings. The van der Waals surface area contributed by atoms with Crippen LogP contribution in [0.5, 0.6) is 0 Å². The van der Waals surface area contributed by atoms with Crippen molar-refractivity contribution in [2.45, 2.75) is 38.2 Å². The van der Waals surface area contributed by atoms with Crippen molar-refractivity contribution in [2.75, 3.05) is 12.0 Å². The zero-order chi connectivity index (χ0) is 10.6. The van der Waals surface area contributed by atoms with Crippen molar-refractivity contribution < 1.29 is 15.0 Å². The van der Waals surface area contributed by atoms with E-state index in [4.69, 9.17) is 0 Å². The summed E-state index contributed by atoms with van der Waals surface area (Å²) in [5.74, 6) is 0.209. The Bertz CT molecular complexity index is 192. The molecule has 14 heavy (non-hydrogen) atoms. The quantitative estimate of drug-likeness (QED) is 0.754. The molecule has 0 spiro atoms. The van der Waals surface area contributed by atoms with Crippen LogP contribution >= 0.6 is 11.8 Å². The average Bonchev–Trinajstić information content (AvgIpc) is 2.17. The molecule has 0 unspecified atom stereocenters. The van der Waals surface area contributed by atoms with Gasteiger partial charge in [-0.1, -0.05) is 0 Å². The maximum absolute atomic E-state index is 11.2. The van der Waals surface area contributed by atoms with Gasteiger partial charge in [-0.2, -0.15) is 11.8 Å². The number of aliphatic hydroxyl groups is 1. The number of hydrogen-bond acceptors (Lipinski definition) is 3. The number of aliphatic carboxylic acids is 1. The van der Waals surface area contributed by atoms with Crippen LogP contribution in [-0.2, 0) is 4.79 Å². The Morgan fingerprint density at radius 3 is 2.50 bits per heavy atom. The summed E-state index contributed by atoms with van der Waals surface area (Å²) in [6.45, 7) is 0. The minimum Gasteiger partial charge on any atom is -0.481 e. The molecule has 4 heteroatoms. The van der Waals surface area contributed by atoms with Gasteiger partial charge in [-0.05, 0) is 44.1 Å². The Labute approximate surface area is 88.9 Å². The van der Waals surface area contributed by atoms with Crippen LogP contribution in [0.25, 0.3) is 0 Å². The largest absolute Gasteiger partial charge is 0.481 e. The maximum atomic E-state index is 11.2. The normalized spacial score (nSPS) is 32.9. The molecule has 0 heterocycles. The molecule has 0 radical (unpaired) electrons. The average molecular weight is 218 g/mol. The summed E-state index contributed by atoms with van der Waals surface area (Å²) in [5.41, 5.74) is -0.553. The molecule has 1 fully saturated rings. The first-order chi connectivity index (χ1) is 6.60. The molecular formula is C10H18O3S. The molecule has 1 aliphatic carbocycles. The number of rotatable bonds is 4.